The molecule has 1 spiro atoms. The van der Waals surface area contributed by atoms with Crippen molar-refractivity contribution >= 4 is 35.0 Å². The number of amides is 3. The summed E-state index contributed by atoms with van der Waals surface area (Å²) < 4.78 is 0. The number of imide groups is 1. The van der Waals surface area contributed by atoms with Crippen LogP contribution in [0.4, 0.5) is 5.69 Å². The number of para-hydroxylation sites is 1. The monoisotopic (exact) mass is 437 g/mol. The Bertz CT molecular complexity index is 1090. The van der Waals surface area contributed by atoms with Crippen LogP contribution in [0.15, 0.2) is 48.5 Å². The Labute approximate surface area is 185 Å². The fraction of sp³-hybridized carbons (Fsp3) is 0.375. The second-order valence-corrected chi connectivity index (χ2v) is 9.08. The average molecular weight is 438 g/mol. The van der Waals surface area contributed by atoms with Gasteiger partial charge in [0.15, 0.2) is 0 Å². The van der Waals surface area contributed by atoms with Crippen LogP contribution in [0, 0.1) is 11.8 Å². The molecule has 3 heterocycles. The Morgan fingerprint density at radius 1 is 1.06 bits per heavy atom. The van der Waals surface area contributed by atoms with Crippen molar-refractivity contribution in [1.29, 1.82) is 0 Å². The third-order valence-electron chi connectivity index (χ3n) is 7.06. The SMILES string of the molecule is CCC(C)N1C(=O)[C@@H]2C(Cc3ccccc3)NC3(C(=O)Nc4c(Cl)cccc43)[C@@H]2C1=O. The predicted octanol–water partition coefficient (Wildman–Crippen LogP) is 3.10. The van der Waals surface area contributed by atoms with Crippen molar-refractivity contribution in [2.75, 3.05) is 5.32 Å². The highest BCUT2D eigenvalue weighted by molar-refractivity contribution is 6.35. The van der Waals surface area contributed by atoms with Gasteiger partial charge in [-0.15, -0.1) is 0 Å². The van der Waals surface area contributed by atoms with Crippen LogP contribution in [-0.2, 0) is 26.3 Å². The third-order valence-corrected chi connectivity index (χ3v) is 7.38. The maximum atomic E-state index is 13.6. The highest BCUT2D eigenvalue weighted by Gasteiger charge is 2.70. The summed E-state index contributed by atoms with van der Waals surface area (Å²) in [4.78, 5) is 42.0. The van der Waals surface area contributed by atoms with E-state index in [2.05, 4.69) is 10.6 Å². The number of fused-ring (bicyclic) bond motifs is 4. The lowest BCUT2D eigenvalue weighted by molar-refractivity contribution is -0.145. The van der Waals surface area contributed by atoms with Crippen molar-refractivity contribution in [1.82, 2.24) is 10.2 Å². The Morgan fingerprint density at radius 3 is 2.52 bits per heavy atom. The Kier molecular flexibility index (Phi) is 4.68. The molecule has 2 aromatic carbocycles. The Morgan fingerprint density at radius 2 is 1.81 bits per heavy atom. The molecule has 2 aromatic rings. The summed E-state index contributed by atoms with van der Waals surface area (Å²) in [5, 5.41) is 6.74. The number of likely N-dealkylation sites (tertiary alicyclic amines) is 1. The maximum Gasteiger partial charge on any atom is 0.250 e. The van der Waals surface area contributed by atoms with Crippen molar-refractivity contribution in [2.24, 2.45) is 11.8 Å². The highest BCUT2D eigenvalue weighted by Crippen LogP contribution is 2.54. The molecule has 0 aromatic heterocycles. The first-order chi connectivity index (χ1) is 14.9. The van der Waals surface area contributed by atoms with Crippen molar-refractivity contribution < 1.29 is 14.4 Å². The number of hydrogen-bond acceptors (Lipinski definition) is 4. The zero-order chi connectivity index (χ0) is 21.9. The van der Waals surface area contributed by atoms with Crippen LogP contribution in [0.1, 0.15) is 31.4 Å². The molecule has 7 heteroatoms. The van der Waals surface area contributed by atoms with E-state index in [9.17, 15) is 14.4 Å². The molecule has 3 amide bonds. The number of rotatable bonds is 4. The van der Waals surface area contributed by atoms with Gasteiger partial charge in [0.05, 0.1) is 22.5 Å². The van der Waals surface area contributed by atoms with Crippen LogP contribution in [-0.4, -0.2) is 34.7 Å². The van der Waals surface area contributed by atoms with E-state index in [1.54, 1.807) is 12.1 Å². The summed E-state index contributed by atoms with van der Waals surface area (Å²) in [6.45, 7) is 3.83. The Balaban J connectivity index is 1.66. The van der Waals surface area contributed by atoms with Gasteiger partial charge >= 0.3 is 0 Å². The van der Waals surface area contributed by atoms with Gasteiger partial charge in [-0.25, -0.2) is 0 Å². The lowest BCUT2D eigenvalue weighted by Crippen LogP contribution is -2.54. The van der Waals surface area contributed by atoms with E-state index in [4.69, 9.17) is 11.6 Å². The predicted molar refractivity (Wildman–Crippen MR) is 117 cm³/mol. The second-order valence-electron chi connectivity index (χ2n) is 8.67. The van der Waals surface area contributed by atoms with Crippen LogP contribution < -0.4 is 10.6 Å². The summed E-state index contributed by atoms with van der Waals surface area (Å²) in [5.74, 6) is -2.22. The van der Waals surface area contributed by atoms with Gasteiger partial charge in [0.25, 0.3) is 0 Å². The summed E-state index contributed by atoms with van der Waals surface area (Å²) in [6, 6.07) is 14.6. The average Bonchev–Trinajstić information content (AvgIpc) is 3.34. The summed E-state index contributed by atoms with van der Waals surface area (Å²) in [6.07, 6.45) is 1.20. The maximum absolute atomic E-state index is 13.6. The quantitative estimate of drug-likeness (QED) is 0.720. The minimum atomic E-state index is -1.31. The zero-order valence-corrected chi connectivity index (χ0v) is 18.1. The molecule has 2 fully saturated rings. The zero-order valence-electron chi connectivity index (χ0n) is 17.4. The van der Waals surface area contributed by atoms with Gasteiger partial charge in [-0.05, 0) is 31.4 Å². The molecule has 0 saturated carbocycles. The molecule has 0 bridgehead atoms. The minimum absolute atomic E-state index is 0.196. The Hall–Kier alpha value is -2.70. The van der Waals surface area contributed by atoms with Crippen LogP contribution in [0.5, 0.6) is 0 Å². The lowest BCUT2D eigenvalue weighted by atomic mass is 9.76. The van der Waals surface area contributed by atoms with E-state index in [-0.39, 0.29) is 29.8 Å². The van der Waals surface area contributed by atoms with Gasteiger partial charge < -0.3 is 5.32 Å². The van der Waals surface area contributed by atoms with Crippen molar-refractivity contribution in [3.8, 4) is 0 Å². The van der Waals surface area contributed by atoms with E-state index < -0.39 is 17.4 Å². The molecule has 3 unspecified atom stereocenters. The first kappa shape index (κ1) is 20.2. The second kappa shape index (κ2) is 7.18. The van der Waals surface area contributed by atoms with Gasteiger partial charge in [-0.3, -0.25) is 24.6 Å². The smallest absolute Gasteiger partial charge is 0.250 e. The fourth-order valence-electron chi connectivity index (χ4n) is 5.48. The van der Waals surface area contributed by atoms with E-state index in [0.717, 1.165) is 5.56 Å². The summed E-state index contributed by atoms with van der Waals surface area (Å²) in [5.41, 5.74) is 0.896. The first-order valence-corrected chi connectivity index (χ1v) is 11.1. The number of anilines is 1. The van der Waals surface area contributed by atoms with Gasteiger partial charge in [-0.1, -0.05) is 61.0 Å². The van der Waals surface area contributed by atoms with Gasteiger partial charge in [-0.2, -0.15) is 0 Å². The lowest BCUT2D eigenvalue weighted by Gasteiger charge is -2.31. The molecular formula is C24H24ClN3O3. The molecule has 160 valence electrons. The molecule has 5 rings (SSSR count). The van der Waals surface area contributed by atoms with Crippen molar-refractivity contribution in [3.05, 3.63) is 64.7 Å². The molecular weight excluding hydrogens is 414 g/mol. The number of hydrogen-bond donors (Lipinski definition) is 2. The number of benzene rings is 2. The number of halogens is 1. The molecule has 0 radical (unpaired) electrons. The summed E-state index contributed by atoms with van der Waals surface area (Å²) >= 11 is 6.37. The molecule has 2 saturated heterocycles. The van der Waals surface area contributed by atoms with Gasteiger partial charge in [0.2, 0.25) is 17.7 Å². The van der Waals surface area contributed by atoms with Crippen molar-refractivity contribution in [2.45, 2.75) is 44.3 Å². The minimum Gasteiger partial charge on any atom is -0.323 e. The largest absolute Gasteiger partial charge is 0.323 e. The fourth-order valence-corrected chi connectivity index (χ4v) is 5.70. The molecule has 2 N–H and O–H groups in total. The molecule has 3 aliphatic rings. The third kappa shape index (κ3) is 2.71. The standard InChI is InChI=1S/C24H24ClN3O3/c1-3-13(2)28-21(29)18-17(12-14-8-5-4-6-9-14)27-24(19(18)22(28)30)15-10-7-11-16(25)20(15)26-23(24)31/h4-11,13,17-19,27H,3,12H2,1-2H3,(H,26,31)/t13?,17?,18-,19+,24?/m1/s1. The number of carbonyl (C=O) groups is 3. The van der Waals surface area contributed by atoms with Crippen LogP contribution in [0.2, 0.25) is 5.02 Å². The van der Waals surface area contributed by atoms with E-state index in [0.29, 0.717) is 29.1 Å². The summed E-state index contributed by atoms with van der Waals surface area (Å²) in [7, 11) is 0. The topological polar surface area (TPSA) is 78.5 Å². The molecule has 5 atom stereocenters. The first-order valence-electron chi connectivity index (χ1n) is 10.7. The number of carbonyl (C=O) groups excluding carboxylic acids is 3. The molecule has 6 nitrogen and oxygen atoms in total. The van der Waals surface area contributed by atoms with E-state index in [1.165, 1.54) is 4.90 Å². The number of nitrogens with zero attached hydrogens (tertiary/aromatic N) is 1. The molecule has 3 aliphatic heterocycles. The van der Waals surface area contributed by atoms with Gasteiger partial charge in [0.1, 0.15) is 5.54 Å². The highest BCUT2D eigenvalue weighted by atomic mass is 35.5. The molecule has 31 heavy (non-hydrogen) atoms. The normalized spacial score (nSPS) is 30.0. The number of nitrogens with one attached hydrogen (secondary N) is 2. The van der Waals surface area contributed by atoms with Crippen LogP contribution in [0.3, 0.4) is 0 Å². The van der Waals surface area contributed by atoms with E-state index in [1.807, 2.05) is 50.2 Å². The van der Waals surface area contributed by atoms with Crippen LogP contribution in [0.25, 0.3) is 0 Å². The van der Waals surface area contributed by atoms with Crippen molar-refractivity contribution in [3.63, 3.8) is 0 Å². The van der Waals surface area contributed by atoms with E-state index >= 15 is 0 Å². The molecule has 0 aliphatic carbocycles. The van der Waals surface area contributed by atoms with Gasteiger partial charge in [0, 0.05) is 17.6 Å². The van der Waals surface area contributed by atoms with Crippen LogP contribution >= 0.6 is 11.6 Å².